The Labute approximate surface area is 135 Å². The van der Waals surface area contributed by atoms with Gasteiger partial charge in [0.15, 0.2) is 5.11 Å². The van der Waals surface area contributed by atoms with E-state index in [0.29, 0.717) is 41.1 Å². The van der Waals surface area contributed by atoms with Crippen molar-refractivity contribution in [1.82, 2.24) is 10.7 Å². The van der Waals surface area contributed by atoms with Gasteiger partial charge in [-0.2, -0.15) is 5.10 Å². The predicted molar refractivity (Wildman–Crippen MR) is 89.3 cm³/mol. The minimum atomic E-state index is 0.403. The summed E-state index contributed by atoms with van der Waals surface area (Å²) < 4.78 is 20.8. The van der Waals surface area contributed by atoms with Gasteiger partial charge in [0, 0.05) is 25.8 Å². The molecule has 0 atom stereocenters. The number of hydrogen-bond acceptors (Lipinski definition) is 6. The fourth-order valence-corrected chi connectivity index (χ4v) is 1.78. The van der Waals surface area contributed by atoms with Crippen molar-refractivity contribution in [2.45, 2.75) is 0 Å². The Morgan fingerprint density at radius 1 is 1.14 bits per heavy atom. The molecule has 2 N–H and O–H groups in total. The lowest BCUT2D eigenvalue weighted by atomic mass is 10.2. The van der Waals surface area contributed by atoms with E-state index in [1.54, 1.807) is 46.8 Å². The van der Waals surface area contributed by atoms with Crippen molar-refractivity contribution in [2.75, 3.05) is 41.6 Å². The molecular weight excluding hydrogens is 306 g/mol. The molecule has 8 heteroatoms. The summed E-state index contributed by atoms with van der Waals surface area (Å²) in [5, 5.41) is 7.42. The Bertz CT molecular complexity index is 498. The lowest BCUT2D eigenvalue weighted by Crippen LogP contribution is -2.34. The lowest BCUT2D eigenvalue weighted by molar-refractivity contribution is 0.204. The first-order valence-corrected chi connectivity index (χ1v) is 6.93. The van der Waals surface area contributed by atoms with Crippen molar-refractivity contribution in [1.29, 1.82) is 0 Å². The van der Waals surface area contributed by atoms with Crippen LogP contribution >= 0.6 is 12.2 Å². The third kappa shape index (κ3) is 5.38. The summed E-state index contributed by atoms with van der Waals surface area (Å²) in [6.45, 7) is 1.17. The zero-order valence-corrected chi connectivity index (χ0v) is 14.0. The van der Waals surface area contributed by atoms with Gasteiger partial charge in [0.2, 0.25) is 0 Å². The van der Waals surface area contributed by atoms with Crippen LogP contribution < -0.4 is 25.0 Å². The summed E-state index contributed by atoms with van der Waals surface area (Å²) in [7, 11) is 6.33. The number of nitrogens with zero attached hydrogens (tertiary/aromatic N) is 1. The molecule has 0 bridgehead atoms. The summed E-state index contributed by atoms with van der Waals surface area (Å²) in [4.78, 5) is 0. The normalized spacial score (nSPS) is 10.4. The minimum Gasteiger partial charge on any atom is -0.496 e. The standard InChI is InChI=1S/C14H21N3O4S/c1-18-6-5-15-14(22)17-16-9-11-12(20-3)7-10(19-2)8-13(11)21-4/h7-9H,5-6H2,1-4H3,(H2,15,17,22)/b16-9-. The summed E-state index contributed by atoms with van der Waals surface area (Å²) in [6.07, 6.45) is 1.57. The maximum atomic E-state index is 5.32. The van der Waals surface area contributed by atoms with Gasteiger partial charge in [-0.05, 0) is 12.2 Å². The van der Waals surface area contributed by atoms with E-state index in [4.69, 9.17) is 31.2 Å². The van der Waals surface area contributed by atoms with Gasteiger partial charge < -0.3 is 24.3 Å². The number of ether oxygens (including phenoxy) is 4. The van der Waals surface area contributed by atoms with Gasteiger partial charge in [-0.15, -0.1) is 0 Å². The zero-order valence-electron chi connectivity index (χ0n) is 13.1. The van der Waals surface area contributed by atoms with Crippen LogP contribution in [0.15, 0.2) is 17.2 Å². The molecule has 0 saturated carbocycles. The van der Waals surface area contributed by atoms with E-state index in [-0.39, 0.29) is 0 Å². The molecule has 0 radical (unpaired) electrons. The number of hydrazone groups is 1. The second kappa shape index (κ2) is 9.80. The van der Waals surface area contributed by atoms with E-state index in [1.165, 1.54) is 0 Å². The van der Waals surface area contributed by atoms with Crippen LogP contribution in [0, 0.1) is 0 Å². The molecular formula is C14H21N3O4S. The molecule has 1 rings (SSSR count). The first-order valence-electron chi connectivity index (χ1n) is 6.52. The van der Waals surface area contributed by atoms with Crippen LogP contribution in [0.1, 0.15) is 5.56 Å². The monoisotopic (exact) mass is 327 g/mol. The Morgan fingerprint density at radius 2 is 1.77 bits per heavy atom. The molecule has 1 aromatic carbocycles. The third-order valence-electron chi connectivity index (χ3n) is 2.70. The van der Waals surface area contributed by atoms with Crippen LogP contribution in [0.5, 0.6) is 17.2 Å². The van der Waals surface area contributed by atoms with E-state index >= 15 is 0 Å². The first kappa shape index (κ1) is 18.0. The largest absolute Gasteiger partial charge is 0.496 e. The maximum absolute atomic E-state index is 5.32. The molecule has 0 amide bonds. The summed E-state index contributed by atoms with van der Waals surface area (Å²) in [6, 6.07) is 3.50. The minimum absolute atomic E-state index is 0.403. The van der Waals surface area contributed by atoms with E-state index < -0.39 is 0 Å². The summed E-state index contributed by atoms with van der Waals surface area (Å²) in [5.41, 5.74) is 3.39. The molecule has 0 fully saturated rings. The van der Waals surface area contributed by atoms with Crippen LogP contribution in [0.2, 0.25) is 0 Å². The second-order valence-electron chi connectivity index (χ2n) is 4.06. The average Bonchev–Trinajstić information content (AvgIpc) is 2.54. The molecule has 0 saturated heterocycles. The quantitative estimate of drug-likeness (QED) is 0.321. The van der Waals surface area contributed by atoms with E-state index in [1.807, 2.05) is 0 Å². The Morgan fingerprint density at radius 3 is 2.27 bits per heavy atom. The number of methoxy groups -OCH3 is 4. The molecule has 0 aliphatic rings. The topological polar surface area (TPSA) is 73.3 Å². The fourth-order valence-electron chi connectivity index (χ4n) is 1.62. The summed E-state index contributed by atoms with van der Waals surface area (Å²) in [5.74, 6) is 1.80. The number of hydrogen-bond donors (Lipinski definition) is 2. The molecule has 0 aliphatic carbocycles. The molecule has 0 unspecified atom stereocenters. The molecule has 122 valence electrons. The Balaban J connectivity index is 2.79. The molecule has 0 heterocycles. The molecule has 0 aliphatic heterocycles. The highest BCUT2D eigenvalue weighted by molar-refractivity contribution is 7.80. The fraction of sp³-hybridized carbons (Fsp3) is 0.429. The van der Waals surface area contributed by atoms with Gasteiger partial charge in [0.1, 0.15) is 17.2 Å². The Hall–Kier alpha value is -2.06. The van der Waals surface area contributed by atoms with Gasteiger partial charge in [-0.25, -0.2) is 0 Å². The lowest BCUT2D eigenvalue weighted by Gasteiger charge is -2.12. The number of rotatable bonds is 8. The van der Waals surface area contributed by atoms with Crippen LogP contribution in [-0.4, -0.2) is 52.9 Å². The molecule has 7 nitrogen and oxygen atoms in total. The van der Waals surface area contributed by atoms with E-state index in [0.717, 1.165) is 0 Å². The Kier molecular flexibility index (Phi) is 8.01. The molecule has 1 aromatic rings. The molecule has 0 aromatic heterocycles. The average molecular weight is 327 g/mol. The van der Waals surface area contributed by atoms with Crippen LogP contribution in [-0.2, 0) is 4.74 Å². The smallest absolute Gasteiger partial charge is 0.187 e. The van der Waals surface area contributed by atoms with Crippen molar-refractivity contribution in [3.63, 3.8) is 0 Å². The van der Waals surface area contributed by atoms with Crippen LogP contribution in [0.3, 0.4) is 0 Å². The van der Waals surface area contributed by atoms with Crippen molar-refractivity contribution in [3.8, 4) is 17.2 Å². The highest BCUT2D eigenvalue weighted by atomic mass is 32.1. The van der Waals surface area contributed by atoms with Crippen LogP contribution in [0.25, 0.3) is 0 Å². The number of thiocarbonyl (C=S) groups is 1. The van der Waals surface area contributed by atoms with Crippen molar-refractivity contribution in [3.05, 3.63) is 17.7 Å². The van der Waals surface area contributed by atoms with E-state index in [2.05, 4.69) is 15.8 Å². The predicted octanol–water partition coefficient (Wildman–Crippen LogP) is 1.16. The van der Waals surface area contributed by atoms with Crippen LogP contribution in [0.4, 0.5) is 0 Å². The maximum Gasteiger partial charge on any atom is 0.187 e. The van der Waals surface area contributed by atoms with Crippen molar-refractivity contribution in [2.24, 2.45) is 5.10 Å². The van der Waals surface area contributed by atoms with Crippen molar-refractivity contribution >= 4 is 23.5 Å². The first-order chi connectivity index (χ1) is 10.7. The zero-order chi connectivity index (χ0) is 16.4. The SMILES string of the molecule is COCCNC(=S)N/N=C\c1c(OC)cc(OC)cc1OC. The highest BCUT2D eigenvalue weighted by Gasteiger charge is 2.11. The van der Waals surface area contributed by atoms with Gasteiger partial charge in [0.05, 0.1) is 39.7 Å². The van der Waals surface area contributed by atoms with Gasteiger partial charge in [0.25, 0.3) is 0 Å². The number of benzene rings is 1. The van der Waals surface area contributed by atoms with Gasteiger partial charge in [-0.1, -0.05) is 0 Å². The molecule has 0 spiro atoms. The third-order valence-corrected chi connectivity index (χ3v) is 2.94. The van der Waals surface area contributed by atoms with Gasteiger partial charge >= 0.3 is 0 Å². The highest BCUT2D eigenvalue weighted by Crippen LogP contribution is 2.32. The molecule has 22 heavy (non-hydrogen) atoms. The summed E-state index contributed by atoms with van der Waals surface area (Å²) >= 11 is 5.07. The number of nitrogens with one attached hydrogen (secondary N) is 2. The van der Waals surface area contributed by atoms with E-state index in [9.17, 15) is 0 Å². The van der Waals surface area contributed by atoms with Crippen molar-refractivity contribution < 1.29 is 18.9 Å². The van der Waals surface area contributed by atoms with Gasteiger partial charge in [-0.3, -0.25) is 5.43 Å². The second-order valence-corrected chi connectivity index (χ2v) is 4.47.